The molecule has 4 fully saturated rings. The molecule has 2 saturated carbocycles. The summed E-state index contributed by atoms with van der Waals surface area (Å²) in [5.41, 5.74) is 0.828. The van der Waals surface area contributed by atoms with Crippen LogP contribution in [-0.4, -0.2) is 47.2 Å². The molecule has 168 valence electrons. The quantitative estimate of drug-likeness (QED) is 0.669. The molecule has 4 nitrogen and oxygen atoms in total. The standard InChI is InChI=1S/C24H46N2O2Si/c1-15-11-19-7-9-25-23(21(19)13-17(15)3)29(27-5,28-6)24-22-14-18(4)16(2)12-20(22)8-10-26-24/h15-26H,7-14H2,1-6H3. The van der Waals surface area contributed by atoms with Crippen molar-refractivity contribution in [3.8, 4) is 0 Å². The van der Waals surface area contributed by atoms with Gasteiger partial charge in [0.1, 0.15) is 0 Å². The topological polar surface area (TPSA) is 42.5 Å². The van der Waals surface area contributed by atoms with Gasteiger partial charge in [0.2, 0.25) is 0 Å². The van der Waals surface area contributed by atoms with E-state index < -0.39 is 8.56 Å². The first kappa shape index (κ1) is 22.3. The zero-order chi connectivity index (χ0) is 20.8. The van der Waals surface area contributed by atoms with Gasteiger partial charge in [0, 0.05) is 14.2 Å². The van der Waals surface area contributed by atoms with Crippen LogP contribution in [-0.2, 0) is 8.85 Å². The molecule has 2 aliphatic carbocycles. The second-order valence-electron chi connectivity index (χ2n) is 11.3. The van der Waals surface area contributed by atoms with Crippen molar-refractivity contribution in [2.75, 3.05) is 27.3 Å². The molecule has 0 radical (unpaired) electrons. The highest BCUT2D eigenvalue weighted by Gasteiger charge is 2.61. The van der Waals surface area contributed by atoms with Gasteiger partial charge in [-0.15, -0.1) is 0 Å². The monoisotopic (exact) mass is 422 g/mol. The van der Waals surface area contributed by atoms with Gasteiger partial charge < -0.3 is 19.5 Å². The Labute approximate surface area is 180 Å². The molecule has 0 amide bonds. The fraction of sp³-hybridized carbons (Fsp3) is 1.00. The number of nitrogens with one attached hydrogen (secondary N) is 2. The van der Waals surface area contributed by atoms with E-state index in [1.165, 1.54) is 38.5 Å². The summed E-state index contributed by atoms with van der Waals surface area (Å²) in [6.07, 6.45) is 8.10. The minimum atomic E-state index is -2.48. The Bertz CT molecular complexity index is 513. The van der Waals surface area contributed by atoms with Crippen molar-refractivity contribution < 1.29 is 8.85 Å². The molecule has 0 aromatic carbocycles. The van der Waals surface area contributed by atoms with Gasteiger partial charge in [-0.05, 0) is 99.0 Å². The third-order valence-corrected chi connectivity index (χ3v) is 14.2. The lowest BCUT2D eigenvalue weighted by Crippen LogP contribution is -2.76. The first-order valence-electron chi connectivity index (χ1n) is 12.5. The summed E-state index contributed by atoms with van der Waals surface area (Å²) >= 11 is 0. The lowest BCUT2D eigenvalue weighted by molar-refractivity contribution is 0.0438. The molecule has 0 aromatic rings. The summed E-state index contributed by atoms with van der Waals surface area (Å²) in [5.74, 6) is 6.43. The van der Waals surface area contributed by atoms with Crippen molar-refractivity contribution in [3.05, 3.63) is 0 Å². The average Bonchev–Trinajstić information content (AvgIpc) is 2.71. The largest absolute Gasteiger partial charge is 0.396 e. The summed E-state index contributed by atoms with van der Waals surface area (Å²) < 4.78 is 13.2. The Kier molecular flexibility index (Phi) is 6.83. The normalized spacial score (nSPS) is 48.6. The second kappa shape index (κ2) is 8.89. The third-order valence-electron chi connectivity index (χ3n) is 9.91. The van der Waals surface area contributed by atoms with E-state index in [0.717, 1.165) is 48.6 Å². The van der Waals surface area contributed by atoms with Crippen LogP contribution in [0.15, 0.2) is 0 Å². The third kappa shape index (κ3) is 3.88. The average molecular weight is 423 g/mol. The van der Waals surface area contributed by atoms with Gasteiger partial charge in [0.15, 0.2) is 0 Å². The van der Waals surface area contributed by atoms with E-state index >= 15 is 0 Å². The molecule has 0 aromatic heterocycles. The Hall–Kier alpha value is 0.0569. The fourth-order valence-electron chi connectivity index (χ4n) is 7.77. The van der Waals surface area contributed by atoms with Crippen molar-refractivity contribution in [1.29, 1.82) is 0 Å². The van der Waals surface area contributed by atoms with Crippen molar-refractivity contribution in [2.24, 2.45) is 47.3 Å². The highest BCUT2D eigenvalue weighted by atomic mass is 28.4. The summed E-state index contributed by atoms with van der Waals surface area (Å²) in [6, 6.07) is 0. The molecule has 10 unspecified atom stereocenters. The Morgan fingerprint density at radius 1 is 0.621 bits per heavy atom. The number of hydrogen-bond acceptors (Lipinski definition) is 4. The van der Waals surface area contributed by atoms with Gasteiger partial charge in [-0.3, -0.25) is 0 Å². The molecule has 4 rings (SSSR count). The number of hydrogen-bond donors (Lipinski definition) is 2. The van der Waals surface area contributed by atoms with Crippen LogP contribution in [0.5, 0.6) is 0 Å². The van der Waals surface area contributed by atoms with Crippen LogP contribution in [0.2, 0.25) is 0 Å². The molecule has 29 heavy (non-hydrogen) atoms. The van der Waals surface area contributed by atoms with Crippen LogP contribution in [0.25, 0.3) is 0 Å². The zero-order valence-corrected chi connectivity index (χ0v) is 20.7. The fourth-order valence-corrected chi connectivity index (χ4v) is 12.2. The molecule has 10 atom stereocenters. The summed E-state index contributed by atoms with van der Waals surface area (Å²) in [5, 5.41) is 7.96. The van der Waals surface area contributed by atoms with Crippen LogP contribution in [0.3, 0.4) is 0 Å². The molecular weight excluding hydrogens is 376 g/mol. The maximum atomic E-state index is 6.58. The lowest BCUT2D eigenvalue weighted by Gasteiger charge is -2.56. The van der Waals surface area contributed by atoms with Crippen LogP contribution >= 0.6 is 0 Å². The Morgan fingerprint density at radius 2 is 1.00 bits per heavy atom. The maximum absolute atomic E-state index is 6.58. The first-order valence-corrected chi connectivity index (χ1v) is 14.4. The van der Waals surface area contributed by atoms with E-state index in [1.807, 2.05) is 14.2 Å². The van der Waals surface area contributed by atoms with Gasteiger partial charge in [-0.25, -0.2) is 0 Å². The van der Waals surface area contributed by atoms with E-state index in [2.05, 4.69) is 38.3 Å². The van der Waals surface area contributed by atoms with Gasteiger partial charge in [0.05, 0.1) is 11.3 Å². The first-order chi connectivity index (χ1) is 13.9. The van der Waals surface area contributed by atoms with Crippen LogP contribution < -0.4 is 10.6 Å². The minimum absolute atomic E-state index is 0.414. The molecule has 2 heterocycles. The van der Waals surface area contributed by atoms with Crippen LogP contribution in [0.1, 0.15) is 66.2 Å². The molecule has 2 saturated heterocycles. The van der Waals surface area contributed by atoms with Crippen molar-refractivity contribution in [1.82, 2.24) is 10.6 Å². The predicted molar refractivity (Wildman–Crippen MR) is 122 cm³/mol. The van der Waals surface area contributed by atoms with Crippen molar-refractivity contribution in [3.63, 3.8) is 0 Å². The van der Waals surface area contributed by atoms with Gasteiger partial charge in [-0.1, -0.05) is 27.7 Å². The number of fused-ring (bicyclic) bond motifs is 2. The molecule has 2 N–H and O–H groups in total. The van der Waals surface area contributed by atoms with Gasteiger partial charge >= 0.3 is 8.56 Å². The summed E-state index contributed by atoms with van der Waals surface area (Å²) in [4.78, 5) is 0. The van der Waals surface area contributed by atoms with E-state index in [1.54, 1.807) is 0 Å². The maximum Gasteiger partial charge on any atom is 0.373 e. The zero-order valence-electron chi connectivity index (χ0n) is 19.7. The summed E-state index contributed by atoms with van der Waals surface area (Å²) in [7, 11) is 1.43. The Morgan fingerprint density at radius 3 is 1.38 bits per heavy atom. The Balaban J connectivity index is 1.64. The van der Waals surface area contributed by atoms with Crippen LogP contribution in [0.4, 0.5) is 0 Å². The van der Waals surface area contributed by atoms with Crippen molar-refractivity contribution in [2.45, 2.75) is 77.6 Å². The molecule has 5 heteroatoms. The van der Waals surface area contributed by atoms with E-state index in [4.69, 9.17) is 8.85 Å². The smallest absolute Gasteiger partial charge is 0.373 e. The van der Waals surface area contributed by atoms with Crippen LogP contribution in [0, 0.1) is 47.3 Å². The molecule has 0 spiro atoms. The highest BCUT2D eigenvalue weighted by molar-refractivity contribution is 6.71. The molecule has 4 aliphatic rings. The molecule has 2 aliphatic heterocycles. The molecular formula is C24H46N2O2Si. The minimum Gasteiger partial charge on any atom is -0.396 e. The second-order valence-corrected chi connectivity index (χ2v) is 14.8. The van der Waals surface area contributed by atoms with Gasteiger partial charge in [0.25, 0.3) is 0 Å². The number of rotatable bonds is 4. The van der Waals surface area contributed by atoms with E-state index in [-0.39, 0.29) is 0 Å². The highest BCUT2D eigenvalue weighted by Crippen LogP contribution is 2.49. The SMILES string of the molecule is CO[Si](OC)(C1NCCC2CC(C)C(C)CC21)C1NCCC2CC(C)C(C)CC21. The molecule has 0 bridgehead atoms. The van der Waals surface area contributed by atoms with E-state index in [0.29, 0.717) is 23.2 Å². The number of piperidine rings is 2. The van der Waals surface area contributed by atoms with Crippen molar-refractivity contribution >= 4 is 8.56 Å². The van der Waals surface area contributed by atoms with E-state index in [9.17, 15) is 0 Å². The van der Waals surface area contributed by atoms with Gasteiger partial charge in [-0.2, -0.15) is 0 Å². The predicted octanol–water partition coefficient (Wildman–Crippen LogP) is 4.12. The summed E-state index contributed by atoms with van der Waals surface area (Å²) in [6.45, 7) is 12.1. The lowest BCUT2D eigenvalue weighted by atomic mass is 9.67.